The number of guanidine groups is 1. The molecule has 1 saturated carbocycles. The molecule has 2 aromatic rings. The van der Waals surface area contributed by atoms with E-state index in [0.29, 0.717) is 6.61 Å². The molecule has 4 rings (SSSR count). The van der Waals surface area contributed by atoms with Crippen molar-refractivity contribution in [3.05, 3.63) is 53.6 Å². The van der Waals surface area contributed by atoms with E-state index in [0.717, 1.165) is 36.6 Å². The molecule has 0 amide bonds. The molecule has 2 aliphatic rings. The number of nitrogens with zero attached hydrogens (tertiary/aromatic N) is 4. The van der Waals surface area contributed by atoms with Crippen molar-refractivity contribution in [2.45, 2.75) is 24.5 Å². The topological polar surface area (TPSA) is 54.7 Å². The van der Waals surface area contributed by atoms with Crippen molar-refractivity contribution in [1.29, 1.82) is 0 Å². The number of aryl methyl sites for hydroxylation is 1. The number of benzene rings is 1. The van der Waals surface area contributed by atoms with Gasteiger partial charge in [-0.05, 0) is 18.1 Å². The van der Waals surface area contributed by atoms with Crippen molar-refractivity contribution >= 4 is 5.96 Å². The average Bonchev–Trinajstić information content (AvgIpc) is 3.29. The van der Waals surface area contributed by atoms with Gasteiger partial charge < -0.3 is 15.0 Å². The first-order valence-corrected chi connectivity index (χ1v) is 8.98. The minimum Gasteiger partial charge on any atom is -0.370 e. The third-order valence-electron chi connectivity index (χ3n) is 5.08. The van der Waals surface area contributed by atoms with Gasteiger partial charge in [-0.3, -0.25) is 9.67 Å². The molecule has 26 heavy (non-hydrogen) atoms. The number of aliphatic imine (C=N–C) groups is 1. The van der Waals surface area contributed by atoms with Crippen LogP contribution in [0.5, 0.6) is 0 Å². The second kappa shape index (κ2) is 7.07. The number of hydrogen-bond acceptors (Lipinski definition) is 3. The molecule has 1 aromatic carbocycles. The molecule has 0 bridgehead atoms. The highest BCUT2D eigenvalue weighted by Crippen LogP contribution is 2.42. The monoisotopic (exact) mass is 357 g/mol. The fourth-order valence-corrected chi connectivity index (χ4v) is 3.59. The van der Waals surface area contributed by atoms with E-state index in [1.165, 1.54) is 6.07 Å². The molecule has 3 atom stereocenters. The molecule has 3 unspecified atom stereocenters. The van der Waals surface area contributed by atoms with Gasteiger partial charge in [0.25, 0.3) is 0 Å². The first-order valence-electron chi connectivity index (χ1n) is 8.98. The first-order chi connectivity index (χ1) is 12.7. The van der Waals surface area contributed by atoms with Crippen LogP contribution in [0.15, 0.2) is 41.7 Å². The van der Waals surface area contributed by atoms with Gasteiger partial charge in [0.1, 0.15) is 11.9 Å². The van der Waals surface area contributed by atoms with Gasteiger partial charge in [-0.15, -0.1) is 0 Å². The van der Waals surface area contributed by atoms with Crippen LogP contribution < -0.4 is 5.32 Å². The standard InChI is InChI=1S/C19H24FN5O/c1-21-19(23-17-9-15(17)14-5-3-4-6-16(14)20)25-7-8-26-18(12-25)13-10-22-24(2)11-13/h3-6,10-11,15,17-18H,7-9,12H2,1-2H3,(H,21,23). The van der Waals surface area contributed by atoms with Crippen molar-refractivity contribution in [2.75, 3.05) is 26.7 Å². The maximum Gasteiger partial charge on any atom is 0.194 e. The number of hydrogen-bond donors (Lipinski definition) is 1. The van der Waals surface area contributed by atoms with E-state index >= 15 is 0 Å². The molecule has 1 N–H and O–H groups in total. The fourth-order valence-electron chi connectivity index (χ4n) is 3.59. The summed E-state index contributed by atoms with van der Waals surface area (Å²) < 4.78 is 21.7. The SMILES string of the molecule is CN=C(NC1CC1c1ccccc1F)N1CCOC(c2cnn(C)c2)C1. The number of halogens is 1. The molecule has 1 aliphatic heterocycles. The summed E-state index contributed by atoms with van der Waals surface area (Å²) in [6.45, 7) is 2.15. The van der Waals surface area contributed by atoms with Crippen molar-refractivity contribution < 1.29 is 9.13 Å². The summed E-state index contributed by atoms with van der Waals surface area (Å²) >= 11 is 0. The van der Waals surface area contributed by atoms with Crippen LogP contribution in [0.4, 0.5) is 4.39 Å². The lowest BCUT2D eigenvalue weighted by atomic mass is 10.1. The van der Waals surface area contributed by atoms with Gasteiger partial charge in [0, 0.05) is 44.4 Å². The van der Waals surface area contributed by atoms with E-state index in [9.17, 15) is 4.39 Å². The summed E-state index contributed by atoms with van der Waals surface area (Å²) in [7, 11) is 3.69. The molecular weight excluding hydrogens is 333 g/mol. The van der Waals surface area contributed by atoms with Gasteiger partial charge in [0.15, 0.2) is 5.96 Å². The third-order valence-corrected chi connectivity index (χ3v) is 5.08. The summed E-state index contributed by atoms with van der Waals surface area (Å²) in [6.07, 6.45) is 4.74. The summed E-state index contributed by atoms with van der Waals surface area (Å²) in [6, 6.07) is 7.25. The van der Waals surface area contributed by atoms with Gasteiger partial charge in [-0.2, -0.15) is 5.10 Å². The van der Waals surface area contributed by atoms with E-state index in [1.807, 2.05) is 31.6 Å². The van der Waals surface area contributed by atoms with Gasteiger partial charge in [0.2, 0.25) is 0 Å². The predicted molar refractivity (Wildman–Crippen MR) is 97.5 cm³/mol. The Morgan fingerprint density at radius 1 is 1.38 bits per heavy atom. The van der Waals surface area contributed by atoms with E-state index in [1.54, 1.807) is 17.8 Å². The first kappa shape index (κ1) is 17.0. The van der Waals surface area contributed by atoms with Crippen molar-refractivity contribution in [3.8, 4) is 0 Å². The van der Waals surface area contributed by atoms with Crippen LogP contribution in [0.3, 0.4) is 0 Å². The molecule has 7 heteroatoms. The quantitative estimate of drug-likeness (QED) is 0.675. The fraction of sp³-hybridized carbons (Fsp3) is 0.474. The highest BCUT2D eigenvalue weighted by Gasteiger charge is 2.41. The van der Waals surface area contributed by atoms with Crippen molar-refractivity contribution in [1.82, 2.24) is 20.0 Å². The molecular formula is C19H24FN5O. The Labute approximate surface area is 152 Å². The van der Waals surface area contributed by atoms with Gasteiger partial charge in [-0.25, -0.2) is 4.39 Å². The van der Waals surface area contributed by atoms with Crippen LogP contribution in [0.1, 0.15) is 29.6 Å². The van der Waals surface area contributed by atoms with Crippen molar-refractivity contribution in [2.24, 2.45) is 12.0 Å². The van der Waals surface area contributed by atoms with Gasteiger partial charge in [0.05, 0.1) is 19.3 Å². The van der Waals surface area contributed by atoms with Gasteiger partial charge in [-0.1, -0.05) is 18.2 Å². The minimum absolute atomic E-state index is 0.0161. The molecule has 6 nitrogen and oxygen atoms in total. The van der Waals surface area contributed by atoms with E-state index in [2.05, 4.69) is 20.3 Å². The Morgan fingerprint density at radius 3 is 2.96 bits per heavy atom. The smallest absolute Gasteiger partial charge is 0.194 e. The lowest BCUT2D eigenvalue weighted by molar-refractivity contribution is -0.00806. The Hall–Kier alpha value is -2.41. The zero-order chi connectivity index (χ0) is 18.1. The molecule has 1 aliphatic carbocycles. The van der Waals surface area contributed by atoms with E-state index in [-0.39, 0.29) is 23.9 Å². The minimum atomic E-state index is -0.125. The lowest BCUT2D eigenvalue weighted by Gasteiger charge is -2.34. The van der Waals surface area contributed by atoms with Crippen LogP contribution in [0.2, 0.25) is 0 Å². The molecule has 138 valence electrons. The van der Waals surface area contributed by atoms with Crippen LogP contribution in [0, 0.1) is 5.82 Å². The average molecular weight is 357 g/mol. The number of rotatable bonds is 3. The molecule has 0 spiro atoms. The van der Waals surface area contributed by atoms with Crippen molar-refractivity contribution in [3.63, 3.8) is 0 Å². The second-order valence-electron chi connectivity index (χ2n) is 6.91. The van der Waals surface area contributed by atoms with E-state index in [4.69, 9.17) is 4.74 Å². The maximum atomic E-state index is 14.0. The largest absolute Gasteiger partial charge is 0.370 e. The lowest BCUT2D eigenvalue weighted by Crippen LogP contribution is -2.48. The van der Waals surface area contributed by atoms with E-state index < -0.39 is 0 Å². The Kier molecular flexibility index (Phi) is 4.63. The number of nitrogens with one attached hydrogen (secondary N) is 1. The van der Waals surface area contributed by atoms with Crippen LogP contribution >= 0.6 is 0 Å². The number of morpholine rings is 1. The third kappa shape index (κ3) is 3.44. The zero-order valence-electron chi connectivity index (χ0n) is 15.1. The molecule has 1 aromatic heterocycles. The summed E-state index contributed by atoms with van der Waals surface area (Å²) in [4.78, 5) is 6.64. The summed E-state index contributed by atoms with van der Waals surface area (Å²) in [5, 5.41) is 7.73. The molecule has 2 fully saturated rings. The van der Waals surface area contributed by atoms with Crippen LogP contribution in [-0.2, 0) is 11.8 Å². The summed E-state index contributed by atoms with van der Waals surface area (Å²) in [5.74, 6) is 0.939. The predicted octanol–water partition coefficient (Wildman–Crippen LogP) is 2.06. The highest BCUT2D eigenvalue weighted by atomic mass is 19.1. The Morgan fingerprint density at radius 2 is 2.23 bits per heavy atom. The Bertz CT molecular complexity index is 805. The molecule has 2 heterocycles. The zero-order valence-corrected chi connectivity index (χ0v) is 15.1. The highest BCUT2D eigenvalue weighted by molar-refractivity contribution is 5.81. The molecule has 0 radical (unpaired) electrons. The Balaban J connectivity index is 1.39. The van der Waals surface area contributed by atoms with Gasteiger partial charge >= 0.3 is 0 Å². The molecule has 1 saturated heterocycles. The maximum absolute atomic E-state index is 14.0. The number of ether oxygens (including phenoxy) is 1. The normalized spacial score (nSPS) is 26.0. The number of aromatic nitrogens is 2. The second-order valence-corrected chi connectivity index (χ2v) is 6.91. The van der Waals surface area contributed by atoms with Crippen LogP contribution in [0.25, 0.3) is 0 Å². The summed E-state index contributed by atoms with van der Waals surface area (Å²) in [5.41, 5.74) is 1.86. The van der Waals surface area contributed by atoms with Crippen LogP contribution in [-0.4, -0.2) is 53.4 Å².